The van der Waals surface area contributed by atoms with E-state index in [1.54, 1.807) is 5.57 Å². The molecule has 150 valence electrons. The van der Waals surface area contributed by atoms with E-state index in [1.165, 1.54) is 31.0 Å². The number of hydrogen-bond donors (Lipinski definition) is 0. The van der Waals surface area contributed by atoms with Crippen molar-refractivity contribution < 1.29 is 9.53 Å². The molecule has 1 aromatic rings. The number of fused-ring (bicyclic) bond motifs is 7. The fourth-order valence-corrected chi connectivity index (χ4v) is 7.46. The lowest BCUT2D eigenvalue weighted by Gasteiger charge is -2.57. The predicted octanol–water partition coefficient (Wildman–Crippen LogP) is 5.64. The third-order valence-electron chi connectivity index (χ3n) is 8.71. The fourth-order valence-electron chi connectivity index (χ4n) is 7.31. The van der Waals surface area contributed by atoms with E-state index < -0.39 is 0 Å². The van der Waals surface area contributed by atoms with E-state index in [2.05, 4.69) is 26.0 Å². The average Bonchev–Trinajstić information content (AvgIpc) is 2.94. The van der Waals surface area contributed by atoms with Gasteiger partial charge in [-0.05, 0) is 73.3 Å². The summed E-state index contributed by atoms with van der Waals surface area (Å²) in [5.74, 6) is 1.96. The van der Waals surface area contributed by atoms with E-state index >= 15 is 0 Å². The van der Waals surface area contributed by atoms with Gasteiger partial charge < -0.3 is 4.74 Å². The Kier molecular flexibility index (Phi) is 4.21. The van der Waals surface area contributed by atoms with Crippen LogP contribution in [0.5, 0.6) is 0 Å². The van der Waals surface area contributed by atoms with Crippen LogP contribution < -0.4 is 0 Å². The highest BCUT2D eigenvalue weighted by Crippen LogP contribution is 2.64. The molecule has 0 radical (unpaired) electrons. The molecule has 1 aromatic heterocycles. The summed E-state index contributed by atoms with van der Waals surface area (Å²) in [5.41, 5.74) is 4.66. The zero-order valence-electron chi connectivity index (χ0n) is 17.1. The maximum absolute atomic E-state index is 11.4. The van der Waals surface area contributed by atoms with Crippen molar-refractivity contribution in [3.05, 3.63) is 40.2 Å². The maximum Gasteiger partial charge on any atom is 0.302 e. The number of nitrogens with zero attached hydrogens (tertiary/aromatic N) is 1. The zero-order valence-corrected chi connectivity index (χ0v) is 17.9. The monoisotopic (exact) mass is 399 g/mol. The Bertz CT molecular complexity index is 864. The van der Waals surface area contributed by atoms with Crippen molar-refractivity contribution in [1.29, 1.82) is 0 Å². The quantitative estimate of drug-likeness (QED) is 0.348. The molecule has 0 bridgehead atoms. The minimum atomic E-state index is -0.147. The third kappa shape index (κ3) is 2.61. The lowest BCUT2D eigenvalue weighted by atomic mass is 9.48. The Morgan fingerprint density at radius 1 is 1.14 bits per heavy atom. The van der Waals surface area contributed by atoms with Crippen LogP contribution in [0.1, 0.15) is 70.6 Å². The summed E-state index contributed by atoms with van der Waals surface area (Å²) in [6.07, 6.45) is 10.4. The van der Waals surface area contributed by atoms with Crippen molar-refractivity contribution in [2.45, 2.75) is 77.2 Å². The number of halogens is 1. The summed E-state index contributed by atoms with van der Waals surface area (Å²) in [7, 11) is 0. The van der Waals surface area contributed by atoms with Gasteiger partial charge in [-0.1, -0.05) is 43.2 Å². The first-order chi connectivity index (χ1) is 13.3. The number of pyridine rings is 1. The molecule has 3 unspecified atom stereocenters. The number of carbonyl (C=O) groups is 1. The topological polar surface area (TPSA) is 39.2 Å². The lowest BCUT2D eigenvalue weighted by Crippen LogP contribution is -2.51. The number of allylic oxidation sites excluding steroid dienone is 1. The SMILES string of the molecule is CC(=O)O[C@H]1CC[C@@]2(C)C(=CCC3C2CC[C@]2(C)c4nc(Cl)ccc4CC32)C1. The van der Waals surface area contributed by atoms with Crippen molar-refractivity contribution in [2.75, 3.05) is 0 Å². The van der Waals surface area contributed by atoms with Crippen LogP contribution in [0.2, 0.25) is 5.15 Å². The van der Waals surface area contributed by atoms with Gasteiger partial charge in [-0.2, -0.15) is 0 Å². The highest BCUT2D eigenvalue weighted by molar-refractivity contribution is 6.29. The normalized spacial score (nSPS) is 41.2. The van der Waals surface area contributed by atoms with Crippen LogP contribution >= 0.6 is 11.6 Å². The van der Waals surface area contributed by atoms with Crippen LogP contribution in [-0.2, 0) is 21.4 Å². The fraction of sp³-hybridized carbons (Fsp3) is 0.667. The van der Waals surface area contributed by atoms with Crippen LogP contribution in [-0.4, -0.2) is 17.1 Å². The van der Waals surface area contributed by atoms with Crippen LogP contribution in [0.3, 0.4) is 0 Å². The molecule has 2 saturated carbocycles. The van der Waals surface area contributed by atoms with Gasteiger partial charge in [-0.3, -0.25) is 4.79 Å². The van der Waals surface area contributed by atoms with E-state index in [1.807, 2.05) is 6.07 Å². The molecule has 28 heavy (non-hydrogen) atoms. The molecule has 1 heterocycles. The van der Waals surface area contributed by atoms with Gasteiger partial charge in [0.1, 0.15) is 11.3 Å². The van der Waals surface area contributed by atoms with E-state index in [9.17, 15) is 4.79 Å². The second-order valence-electron chi connectivity index (χ2n) is 10.0. The third-order valence-corrected chi connectivity index (χ3v) is 8.92. The molecule has 0 aromatic carbocycles. The van der Waals surface area contributed by atoms with Gasteiger partial charge in [0.05, 0.1) is 5.69 Å². The van der Waals surface area contributed by atoms with Gasteiger partial charge in [0.2, 0.25) is 0 Å². The summed E-state index contributed by atoms with van der Waals surface area (Å²) in [6, 6.07) is 4.16. The molecular formula is C24H30ClNO2. The van der Waals surface area contributed by atoms with Crippen LogP contribution in [0.25, 0.3) is 0 Å². The smallest absolute Gasteiger partial charge is 0.302 e. The number of hydrogen-bond acceptors (Lipinski definition) is 3. The van der Waals surface area contributed by atoms with E-state index in [4.69, 9.17) is 21.3 Å². The molecule has 0 N–H and O–H groups in total. The first-order valence-electron chi connectivity index (χ1n) is 10.8. The number of ether oxygens (including phenoxy) is 1. The lowest BCUT2D eigenvalue weighted by molar-refractivity contribution is -0.148. The number of esters is 1. The molecule has 2 fully saturated rings. The average molecular weight is 400 g/mol. The van der Waals surface area contributed by atoms with Crippen molar-refractivity contribution in [3.63, 3.8) is 0 Å². The second-order valence-corrected chi connectivity index (χ2v) is 10.4. The van der Waals surface area contributed by atoms with Crippen LogP contribution in [0, 0.1) is 23.2 Å². The van der Waals surface area contributed by atoms with Gasteiger partial charge in [0.15, 0.2) is 0 Å². The first-order valence-corrected chi connectivity index (χ1v) is 11.2. The molecule has 0 aliphatic heterocycles. The number of carbonyl (C=O) groups excluding carboxylic acids is 1. The summed E-state index contributed by atoms with van der Waals surface area (Å²) < 4.78 is 5.56. The van der Waals surface area contributed by atoms with Gasteiger partial charge in [0, 0.05) is 18.8 Å². The number of rotatable bonds is 1. The van der Waals surface area contributed by atoms with Crippen molar-refractivity contribution in [2.24, 2.45) is 23.2 Å². The molecular weight excluding hydrogens is 370 g/mol. The molecule has 0 saturated heterocycles. The summed E-state index contributed by atoms with van der Waals surface area (Å²) in [6.45, 7) is 6.45. The Hall–Kier alpha value is -1.35. The van der Waals surface area contributed by atoms with Crippen molar-refractivity contribution in [3.8, 4) is 0 Å². The van der Waals surface area contributed by atoms with E-state index in [0.29, 0.717) is 17.0 Å². The highest BCUT2D eigenvalue weighted by Gasteiger charge is 2.58. The molecule has 3 nitrogen and oxygen atoms in total. The predicted molar refractivity (Wildman–Crippen MR) is 110 cm³/mol. The standard InChI is InChI=1S/C24H30ClNO2/c1-14(27)28-17-8-10-23(2)16(13-17)5-6-18-19(23)9-11-24(3)20(18)12-15-4-7-21(25)26-22(15)24/h4-5,7,17-20H,6,8-13H2,1-3H3/t17-,18?,19?,20?,23-,24-/m0/s1. The van der Waals surface area contributed by atoms with Crippen LogP contribution in [0.4, 0.5) is 0 Å². The molecule has 4 aliphatic carbocycles. The second kappa shape index (κ2) is 6.32. The Morgan fingerprint density at radius 3 is 2.71 bits per heavy atom. The van der Waals surface area contributed by atoms with Crippen LogP contribution in [0.15, 0.2) is 23.8 Å². The Balaban J connectivity index is 1.45. The largest absolute Gasteiger partial charge is 0.462 e. The first kappa shape index (κ1) is 18.7. The molecule has 6 atom stereocenters. The van der Waals surface area contributed by atoms with Gasteiger partial charge in [0.25, 0.3) is 0 Å². The minimum absolute atomic E-state index is 0.0734. The van der Waals surface area contributed by atoms with Crippen molar-refractivity contribution in [1.82, 2.24) is 4.98 Å². The highest BCUT2D eigenvalue weighted by atomic mass is 35.5. The summed E-state index contributed by atoms with van der Waals surface area (Å²) in [5, 5.41) is 0.629. The summed E-state index contributed by atoms with van der Waals surface area (Å²) >= 11 is 6.26. The molecule has 4 aliphatic rings. The zero-order chi connectivity index (χ0) is 19.7. The van der Waals surface area contributed by atoms with E-state index in [0.717, 1.165) is 38.0 Å². The van der Waals surface area contributed by atoms with Crippen molar-refractivity contribution >= 4 is 17.6 Å². The van der Waals surface area contributed by atoms with Gasteiger partial charge >= 0.3 is 5.97 Å². The number of aromatic nitrogens is 1. The van der Waals surface area contributed by atoms with E-state index in [-0.39, 0.29) is 22.9 Å². The van der Waals surface area contributed by atoms with Gasteiger partial charge in [-0.25, -0.2) is 4.98 Å². The molecule has 0 spiro atoms. The molecule has 0 amide bonds. The maximum atomic E-state index is 11.4. The minimum Gasteiger partial charge on any atom is -0.462 e. The summed E-state index contributed by atoms with van der Waals surface area (Å²) in [4.78, 5) is 16.2. The molecule has 4 heteroatoms. The molecule has 5 rings (SSSR count). The Morgan fingerprint density at radius 2 is 1.93 bits per heavy atom. The Labute approximate surface area is 172 Å². The van der Waals surface area contributed by atoms with Gasteiger partial charge in [-0.15, -0.1) is 0 Å².